The average molecular weight is 403 g/mol. The molecule has 27 heavy (non-hydrogen) atoms. The van der Waals surface area contributed by atoms with E-state index in [4.69, 9.17) is 12.2 Å². The molecule has 0 aliphatic carbocycles. The van der Waals surface area contributed by atoms with Crippen LogP contribution in [0.4, 0.5) is 0 Å². The van der Waals surface area contributed by atoms with Crippen LogP contribution in [0.2, 0.25) is 0 Å². The number of nitrogens with zero attached hydrogens (tertiary/aromatic N) is 1. The predicted octanol–water partition coefficient (Wildman–Crippen LogP) is 2.63. The van der Waals surface area contributed by atoms with E-state index in [1.165, 1.54) is 0 Å². The van der Waals surface area contributed by atoms with E-state index in [9.17, 15) is 14.4 Å². The van der Waals surface area contributed by atoms with Crippen molar-refractivity contribution in [1.29, 1.82) is 0 Å². The van der Waals surface area contributed by atoms with Gasteiger partial charge < -0.3 is 15.6 Å². The number of hydrogen-bond donors (Lipinski definition) is 3. The third-order valence-corrected chi connectivity index (χ3v) is 5.19. The quantitative estimate of drug-likeness (QED) is 0.452. The number of benzene rings is 1. The van der Waals surface area contributed by atoms with Crippen LogP contribution in [0.5, 0.6) is 0 Å². The first-order chi connectivity index (χ1) is 12.8. The molecular weight excluding hydrogens is 384 g/mol. The van der Waals surface area contributed by atoms with Crippen molar-refractivity contribution in [3.05, 3.63) is 55.6 Å². The highest BCUT2D eigenvalue weighted by Gasteiger charge is 2.19. The molecule has 0 saturated carbocycles. The van der Waals surface area contributed by atoms with Crippen LogP contribution in [0, 0.1) is 3.95 Å². The van der Waals surface area contributed by atoms with Gasteiger partial charge in [-0.1, -0.05) is 17.4 Å². The van der Waals surface area contributed by atoms with Crippen LogP contribution in [0.15, 0.2) is 35.6 Å². The summed E-state index contributed by atoms with van der Waals surface area (Å²) in [6.45, 7) is 7.60. The third kappa shape index (κ3) is 3.56. The van der Waals surface area contributed by atoms with Gasteiger partial charge in [-0.15, -0.1) is 6.58 Å². The minimum Gasteiger partial charge on any atom is -0.349 e. The van der Waals surface area contributed by atoms with Gasteiger partial charge in [0.15, 0.2) is 3.95 Å². The Balaban J connectivity index is 2.25. The van der Waals surface area contributed by atoms with Gasteiger partial charge in [-0.05, 0) is 44.3 Å². The number of amides is 2. The largest absolute Gasteiger partial charge is 0.349 e. The summed E-state index contributed by atoms with van der Waals surface area (Å²) in [5, 5.41) is 5.88. The summed E-state index contributed by atoms with van der Waals surface area (Å²) in [7, 11) is 0. The molecule has 0 unspecified atom stereocenters. The van der Waals surface area contributed by atoms with E-state index in [1.807, 2.05) is 13.8 Å². The number of aromatic nitrogens is 2. The van der Waals surface area contributed by atoms with Gasteiger partial charge in [0.2, 0.25) is 0 Å². The standard InChI is InChI=1S/C18H18N4O3S2/c1-4-7-19-15(23)10-5-6-11-12(8-10)22-14(21-16(11)24)13(27-18(22)26)17(25)20-9(2)3/h4-6,8-9H,1,7H2,2-3H3,(H,19,23)(H,20,25)(H,21,24). The molecule has 0 spiro atoms. The number of carbonyl (C=O) groups is 2. The molecule has 3 rings (SSSR count). The maximum absolute atomic E-state index is 12.5. The Bertz CT molecular complexity index is 1190. The molecule has 7 nitrogen and oxygen atoms in total. The summed E-state index contributed by atoms with van der Waals surface area (Å²) in [6.07, 6.45) is 1.58. The summed E-state index contributed by atoms with van der Waals surface area (Å²) >= 11 is 6.53. The fourth-order valence-corrected chi connectivity index (χ4v) is 3.96. The highest BCUT2D eigenvalue weighted by Crippen LogP contribution is 2.23. The molecule has 0 saturated heterocycles. The summed E-state index contributed by atoms with van der Waals surface area (Å²) in [4.78, 5) is 40.3. The summed E-state index contributed by atoms with van der Waals surface area (Å²) < 4.78 is 2.03. The molecule has 0 aliphatic rings. The number of carbonyl (C=O) groups excluding carboxylic acids is 2. The number of H-pyrrole nitrogens is 1. The number of hydrogen-bond acceptors (Lipinski definition) is 5. The number of fused-ring (bicyclic) bond motifs is 3. The minimum atomic E-state index is -0.352. The predicted molar refractivity (Wildman–Crippen MR) is 109 cm³/mol. The van der Waals surface area contributed by atoms with Crippen LogP contribution in [0.1, 0.15) is 33.9 Å². The zero-order chi connectivity index (χ0) is 19.7. The summed E-state index contributed by atoms with van der Waals surface area (Å²) in [6, 6.07) is 4.69. The molecule has 0 radical (unpaired) electrons. The molecule has 0 atom stereocenters. The maximum Gasteiger partial charge on any atom is 0.265 e. The van der Waals surface area contributed by atoms with Crippen LogP contribution in [0.25, 0.3) is 16.6 Å². The van der Waals surface area contributed by atoms with Crippen molar-refractivity contribution in [2.24, 2.45) is 0 Å². The number of thiazole rings is 1. The van der Waals surface area contributed by atoms with E-state index in [0.717, 1.165) is 11.3 Å². The first-order valence-electron chi connectivity index (χ1n) is 8.25. The fraction of sp³-hybridized carbons (Fsp3) is 0.222. The van der Waals surface area contributed by atoms with Gasteiger partial charge in [0.25, 0.3) is 17.4 Å². The normalized spacial score (nSPS) is 11.1. The van der Waals surface area contributed by atoms with Crippen LogP contribution in [-0.2, 0) is 0 Å². The summed E-state index contributed by atoms with van der Waals surface area (Å²) in [5.41, 5.74) is 0.834. The van der Waals surface area contributed by atoms with Gasteiger partial charge in [0.05, 0.1) is 10.9 Å². The second-order valence-corrected chi connectivity index (χ2v) is 7.84. The first kappa shape index (κ1) is 19.0. The first-order valence-corrected chi connectivity index (χ1v) is 9.47. The molecule has 9 heteroatoms. The molecule has 1 aromatic carbocycles. The minimum absolute atomic E-state index is 0.0550. The Kier molecular flexibility index (Phi) is 5.24. The van der Waals surface area contributed by atoms with Gasteiger partial charge in [-0.2, -0.15) is 0 Å². The number of aromatic amines is 1. The Morgan fingerprint density at radius 2 is 2.11 bits per heavy atom. The Morgan fingerprint density at radius 1 is 1.37 bits per heavy atom. The molecule has 2 amide bonds. The molecule has 2 heterocycles. The van der Waals surface area contributed by atoms with Gasteiger partial charge in [0.1, 0.15) is 10.5 Å². The fourth-order valence-electron chi connectivity index (χ4n) is 2.68. The van der Waals surface area contributed by atoms with Crippen LogP contribution in [0.3, 0.4) is 0 Å². The zero-order valence-electron chi connectivity index (χ0n) is 14.8. The van der Waals surface area contributed by atoms with Crippen molar-refractivity contribution >= 4 is 51.9 Å². The molecule has 3 aromatic rings. The van der Waals surface area contributed by atoms with Gasteiger partial charge >= 0.3 is 0 Å². The maximum atomic E-state index is 12.5. The van der Waals surface area contributed by atoms with E-state index in [2.05, 4.69) is 22.2 Å². The topological polar surface area (TPSA) is 95.5 Å². The number of nitrogens with one attached hydrogen (secondary N) is 3. The zero-order valence-corrected chi connectivity index (χ0v) is 16.4. The Labute approximate surface area is 163 Å². The molecule has 0 fully saturated rings. The molecule has 0 aliphatic heterocycles. The van der Waals surface area contributed by atoms with Gasteiger partial charge in [0, 0.05) is 18.2 Å². The lowest BCUT2D eigenvalue weighted by molar-refractivity contribution is 0.0943. The van der Waals surface area contributed by atoms with E-state index in [0.29, 0.717) is 37.5 Å². The smallest absolute Gasteiger partial charge is 0.265 e. The van der Waals surface area contributed by atoms with E-state index >= 15 is 0 Å². The lowest BCUT2D eigenvalue weighted by Crippen LogP contribution is -2.30. The lowest BCUT2D eigenvalue weighted by atomic mass is 10.1. The Hall–Kier alpha value is -2.78. The lowest BCUT2D eigenvalue weighted by Gasteiger charge is -2.08. The van der Waals surface area contributed by atoms with Crippen molar-refractivity contribution < 1.29 is 9.59 Å². The molecule has 2 aromatic heterocycles. The van der Waals surface area contributed by atoms with Crippen LogP contribution < -0.4 is 16.2 Å². The van der Waals surface area contributed by atoms with Crippen molar-refractivity contribution in [2.45, 2.75) is 19.9 Å². The highest BCUT2D eigenvalue weighted by molar-refractivity contribution is 7.73. The van der Waals surface area contributed by atoms with Gasteiger partial charge in [-0.3, -0.25) is 18.8 Å². The van der Waals surface area contributed by atoms with Crippen LogP contribution >= 0.6 is 23.6 Å². The van der Waals surface area contributed by atoms with E-state index < -0.39 is 0 Å². The Morgan fingerprint density at radius 3 is 2.78 bits per heavy atom. The highest BCUT2D eigenvalue weighted by atomic mass is 32.1. The van der Waals surface area contributed by atoms with E-state index in [-0.39, 0.29) is 23.4 Å². The second-order valence-electron chi connectivity index (χ2n) is 6.19. The molecular formula is C18H18N4O3S2. The second kappa shape index (κ2) is 7.45. The van der Waals surface area contributed by atoms with Crippen molar-refractivity contribution in [2.75, 3.05) is 6.54 Å². The van der Waals surface area contributed by atoms with Crippen LogP contribution in [-0.4, -0.2) is 33.8 Å². The van der Waals surface area contributed by atoms with Crippen molar-refractivity contribution in [3.8, 4) is 0 Å². The molecule has 0 bridgehead atoms. The number of rotatable bonds is 5. The SMILES string of the molecule is C=CCNC(=O)c1ccc2c(=O)[nH]c3c(C(=O)NC(C)C)sc(=S)n3c2c1. The molecule has 140 valence electrons. The van der Waals surface area contributed by atoms with Crippen molar-refractivity contribution in [3.63, 3.8) is 0 Å². The van der Waals surface area contributed by atoms with Crippen molar-refractivity contribution in [1.82, 2.24) is 20.0 Å². The molecule has 3 N–H and O–H groups in total. The van der Waals surface area contributed by atoms with E-state index in [1.54, 1.807) is 28.7 Å². The summed E-state index contributed by atoms with van der Waals surface area (Å²) in [5.74, 6) is -0.594. The third-order valence-electron chi connectivity index (χ3n) is 3.82. The monoisotopic (exact) mass is 402 g/mol. The van der Waals surface area contributed by atoms with Gasteiger partial charge in [-0.25, -0.2) is 0 Å². The average Bonchev–Trinajstić information content (AvgIpc) is 2.95.